The number of halogens is 1. The van der Waals surface area contributed by atoms with Crippen LogP contribution in [0.5, 0.6) is 0 Å². The van der Waals surface area contributed by atoms with Crippen molar-refractivity contribution in [1.29, 1.82) is 0 Å². The van der Waals surface area contributed by atoms with Crippen molar-refractivity contribution >= 4 is 17.5 Å². The molecule has 5 heteroatoms. The maximum Gasteiger partial charge on any atom is 0.269 e. The molecular formula is C12H18ClN3O. The SMILES string of the molecule is O=C(NCC1CCCCC1CCl)c1ccn[nH]1. The fraction of sp³-hybridized carbons (Fsp3) is 0.667. The summed E-state index contributed by atoms with van der Waals surface area (Å²) in [6, 6.07) is 1.68. The number of alkyl halides is 1. The first-order chi connectivity index (χ1) is 8.31. The third-order valence-electron chi connectivity index (χ3n) is 3.53. The molecule has 0 aromatic carbocycles. The Morgan fingerprint density at radius 3 is 2.88 bits per heavy atom. The summed E-state index contributed by atoms with van der Waals surface area (Å²) in [6.07, 6.45) is 6.45. The Labute approximate surface area is 106 Å². The molecule has 2 N–H and O–H groups in total. The van der Waals surface area contributed by atoms with Crippen molar-refractivity contribution in [3.05, 3.63) is 18.0 Å². The van der Waals surface area contributed by atoms with E-state index in [0.29, 0.717) is 23.4 Å². The van der Waals surface area contributed by atoms with E-state index in [9.17, 15) is 4.79 Å². The maximum absolute atomic E-state index is 11.7. The lowest BCUT2D eigenvalue weighted by atomic mass is 9.80. The second-order valence-electron chi connectivity index (χ2n) is 4.64. The number of aromatic nitrogens is 2. The van der Waals surface area contributed by atoms with Gasteiger partial charge in [-0.2, -0.15) is 5.10 Å². The summed E-state index contributed by atoms with van der Waals surface area (Å²) in [5.41, 5.74) is 0.517. The zero-order valence-corrected chi connectivity index (χ0v) is 10.5. The van der Waals surface area contributed by atoms with Gasteiger partial charge in [0.25, 0.3) is 5.91 Å². The van der Waals surface area contributed by atoms with Crippen LogP contribution in [0.15, 0.2) is 12.3 Å². The van der Waals surface area contributed by atoms with Crippen LogP contribution in [-0.2, 0) is 0 Å². The minimum Gasteiger partial charge on any atom is -0.350 e. The molecule has 1 amide bonds. The first kappa shape index (κ1) is 12.4. The van der Waals surface area contributed by atoms with Crippen molar-refractivity contribution in [1.82, 2.24) is 15.5 Å². The van der Waals surface area contributed by atoms with Crippen molar-refractivity contribution in [2.75, 3.05) is 12.4 Å². The lowest BCUT2D eigenvalue weighted by Gasteiger charge is -2.30. The number of nitrogens with one attached hydrogen (secondary N) is 2. The predicted molar refractivity (Wildman–Crippen MR) is 67.1 cm³/mol. The molecule has 0 bridgehead atoms. The van der Waals surface area contributed by atoms with E-state index in [2.05, 4.69) is 15.5 Å². The van der Waals surface area contributed by atoms with Crippen molar-refractivity contribution in [3.8, 4) is 0 Å². The Hall–Kier alpha value is -1.03. The number of aromatic amines is 1. The fourth-order valence-corrected chi connectivity index (χ4v) is 2.86. The quantitative estimate of drug-likeness (QED) is 0.811. The molecule has 1 aliphatic carbocycles. The summed E-state index contributed by atoms with van der Waals surface area (Å²) in [6.45, 7) is 0.718. The second-order valence-corrected chi connectivity index (χ2v) is 4.95. The van der Waals surface area contributed by atoms with Gasteiger partial charge in [0.1, 0.15) is 5.69 Å². The average Bonchev–Trinajstić information content (AvgIpc) is 2.90. The van der Waals surface area contributed by atoms with E-state index in [1.165, 1.54) is 25.7 Å². The highest BCUT2D eigenvalue weighted by atomic mass is 35.5. The molecule has 2 unspecified atom stereocenters. The van der Waals surface area contributed by atoms with Gasteiger partial charge in [-0.15, -0.1) is 11.6 Å². The average molecular weight is 256 g/mol. The topological polar surface area (TPSA) is 57.8 Å². The van der Waals surface area contributed by atoms with E-state index >= 15 is 0 Å². The van der Waals surface area contributed by atoms with Gasteiger partial charge in [-0.05, 0) is 30.7 Å². The zero-order chi connectivity index (χ0) is 12.1. The smallest absolute Gasteiger partial charge is 0.269 e. The summed E-state index contributed by atoms with van der Waals surface area (Å²) in [5, 5.41) is 9.37. The van der Waals surface area contributed by atoms with Gasteiger partial charge in [0, 0.05) is 18.6 Å². The number of carbonyl (C=O) groups excluding carboxylic acids is 1. The van der Waals surface area contributed by atoms with E-state index in [1.54, 1.807) is 12.3 Å². The largest absolute Gasteiger partial charge is 0.350 e. The summed E-state index contributed by atoms with van der Waals surface area (Å²) >= 11 is 5.96. The van der Waals surface area contributed by atoms with E-state index in [-0.39, 0.29) is 5.91 Å². The lowest BCUT2D eigenvalue weighted by Crippen LogP contribution is -2.35. The number of hydrogen-bond donors (Lipinski definition) is 2. The molecule has 0 aliphatic heterocycles. The molecular weight excluding hydrogens is 238 g/mol. The molecule has 94 valence electrons. The monoisotopic (exact) mass is 255 g/mol. The van der Waals surface area contributed by atoms with Gasteiger partial charge < -0.3 is 5.32 Å². The minimum absolute atomic E-state index is 0.0820. The van der Waals surface area contributed by atoms with Crippen LogP contribution >= 0.6 is 11.6 Å². The summed E-state index contributed by atoms with van der Waals surface area (Å²) < 4.78 is 0. The van der Waals surface area contributed by atoms with Crippen LogP contribution < -0.4 is 5.32 Å². The minimum atomic E-state index is -0.0820. The molecule has 1 aliphatic rings. The van der Waals surface area contributed by atoms with Crippen LogP contribution in [0.1, 0.15) is 36.2 Å². The molecule has 0 radical (unpaired) electrons. The van der Waals surface area contributed by atoms with Crippen LogP contribution in [0, 0.1) is 11.8 Å². The molecule has 2 atom stereocenters. The number of nitrogens with zero attached hydrogens (tertiary/aromatic N) is 1. The first-order valence-corrected chi connectivity index (χ1v) is 6.68. The van der Waals surface area contributed by atoms with E-state index in [1.807, 2.05) is 0 Å². The molecule has 0 saturated heterocycles. The molecule has 2 rings (SSSR count). The van der Waals surface area contributed by atoms with Gasteiger partial charge in [-0.3, -0.25) is 9.89 Å². The van der Waals surface area contributed by atoms with Crippen LogP contribution in [0.3, 0.4) is 0 Å². The number of carbonyl (C=O) groups is 1. The normalized spacial score (nSPS) is 24.5. The third-order valence-corrected chi connectivity index (χ3v) is 3.93. The molecule has 17 heavy (non-hydrogen) atoms. The molecule has 0 spiro atoms. The number of hydrogen-bond acceptors (Lipinski definition) is 2. The van der Waals surface area contributed by atoms with Crippen LogP contribution in [0.4, 0.5) is 0 Å². The molecule has 1 heterocycles. The molecule has 4 nitrogen and oxygen atoms in total. The number of H-pyrrole nitrogens is 1. The van der Waals surface area contributed by atoms with Crippen LogP contribution in [0.2, 0.25) is 0 Å². The number of rotatable bonds is 4. The van der Waals surface area contributed by atoms with Crippen molar-refractivity contribution in [2.45, 2.75) is 25.7 Å². The third kappa shape index (κ3) is 3.22. The Bertz CT molecular complexity index is 353. The van der Waals surface area contributed by atoms with Crippen molar-refractivity contribution in [2.24, 2.45) is 11.8 Å². The van der Waals surface area contributed by atoms with Gasteiger partial charge in [-0.25, -0.2) is 0 Å². The molecule has 1 fully saturated rings. The zero-order valence-electron chi connectivity index (χ0n) is 9.79. The standard InChI is InChI=1S/C12H18ClN3O/c13-7-9-3-1-2-4-10(9)8-14-12(17)11-5-6-15-16-11/h5-6,9-10H,1-4,7-8H2,(H,14,17)(H,15,16). The molecule has 1 saturated carbocycles. The van der Waals surface area contributed by atoms with Crippen LogP contribution in [0.25, 0.3) is 0 Å². The van der Waals surface area contributed by atoms with E-state index in [4.69, 9.17) is 11.6 Å². The second kappa shape index (κ2) is 6.05. The van der Waals surface area contributed by atoms with E-state index < -0.39 is 0 Å². The van der Waals surface area contributed by atoms with Gasteiger partial charge in [0.2, 0.25) is 0 Å². The van der Waals surface area contributed by atoms with Crippen LogP contribution in [-0.4, -0.2) is 28.5 Å². The predicted octanol–water partition coefficient (Wildman–Crippen LogP) is 2.18. The van der Waals surface area contributed by atoms with E-state index in [0.717, 1.165) is 6.54 Å². The number of amides is 1. The Morgan fingerprint density at radius 2 is 2.24 bits per heavy atom. The Morgan fingerprint density at radius 1 is 1.47 bits per heavy atom. The van der Waals surface area contributed by atoms with Gasteiger partial charge in [0.05, 0.1) is 0 Å². The molecule has 1 aromatic heterocycles. The Balaban J connectivity index is 1.82. The van der Waals surface area contributed by atoms with Crippen molar-refractivity contribution in [3.63, 3.8) is 0 Å². The Kier molecular flexibility index (Phi) is 4.42. The lowest BCUT2D eigenvalue weighted by molar-refractivity contribution is 0.0931. The fourth-order valence-electron chi connectivity index (χ4n) is 2.46. The highest BCUT2D eigenvalue weighted by Crippen LogP contribution is 2.30. The summed E-state index contributed by atoms with van der Waals surface area (Å²) in [7, 11) is 0. The summed E-state index contributed by atoms with van der Waals surface area (Å²) in [5.74, 6) is 1.69. The van der Waals surface area contributed by atoms with Crippen molar-refractivity contribution < 1.29 is 4.79 Å². The highest BCUT2D eigenvalue weighted by Gasteiger charge is 2.24. The van der Waals surface area contributed by atoms with Gasteiger partial charge in [0.15, 0.2) is 0 Å². The molecule has 1 aromatic rings. The van der Waals surface area contributed by atoms with Gasteiger partial charge in [-0.1, -0.05) is 12.8 Å². The highest BCUT2D eigenvalue weighted by molar-refractivity contribution is 6.18. The maximum atomic E-state index is 11.7. The first-order valence-electron chi connectivity index (χ1n) is 6.15. The summed E-state index contributed by atoms with van der Waals surface area (Å²) in [4.78, 5) is 11.7. The van der Waals surface area contributed by atoms with Gasteiger partial charge >= 0.3 is 0 Å².